The second kappa shape index (κ2) is 8.25. The lowest BCUT2D eigenvalue weighted by atomic mass is 10.0. The number of hydrogen-bond acceptors (Lipinski definition) is 5. The molecule has 0 saturated heterocycles. The molecule has 134 valence electrons. The molecule has 8 heteroatoms. The summed E-state index contributed by atoms with van der Waals surface area (Å²) in [5.74, 6) is -0.714. The van der Waals surface area contributed by atoms with Gasteiger partial charge in [-0.05, 0) is 36.6 Å². The van der Waals surface area contributed by atoms with Crippen LogP contribution in [0.15, 0.2) is 29.2 Å². The molecule has 0 aliphatic carbocycles. The summed E-state index contributed by atoms with van der Waals surface area (Å²) in [7, 11) is 0.522. The van der Waals surface area contributed by atoms with E-state index in [9.17, 15) is 18.0 Å². The third kappa shape index (κ3) is 5.31. The number of methoxy groups -OCH3 is 1. The lowest BCUT2D eigenvalue weighted by Gasteiger charge is -2.23. The number of nitrogens with one attached hydrogen (secondary N) is 1. The number of carbonyl (C=O) groups excluding carboxylic acids is 2. The van der Waals surface area contributed by atoms with Gasteiger partial charge in [-0.15, -0.1) is 0 Å². The van der Waals surface area contributed by atoms with Crippen LogP contribution >= 0.6 is 0 Å². The largest absolute Gasteiger partial charge is 0.465 e. The van der Waals surface area contributed by atoms with Crippen LogP contribution in [0.25, 0.3) is 0 Å². The Kier molecular flexibility index (Phi) is 6.92. The SMILES string of the molecule is COC(=O)c1ccc(S(=O)(=O)NC(CC(C)C)C(=O)N(C)C)cc1. The van der Waals surface area contributed by atoms with Gasteiger partial charge >= 0.3 is 5.97 Å². The van der Waals surface area contributed by atoms with Crippen LogP contribution in [0.5, 0.6) is 0 Å². The molecule has 0 aliphatic rings. The number of likely N-dealkylation sites (N-methyl/N-ethyl adjacent to an activating group) is 1. The first-order valence-corrected chi connectivity index (χ1v) is 8.98. The fourth-order valence-corrected chi connectivity index (χ4v) is 3.33. The van der Waals surface area contributed by atoms with Gasteiger partial charge in [-0.2, -0.15) is 4.72 Å². The second-order valence-corrected chi connectivity index (χ2v) is 7.77. The smallest absolute Gasteiger partial charge is 0.337 e. The van der Waals surface area contributed by atoms with Gasteiger partial charge in [-0.3, -0.25) is 4.79 Å². The lowest BCUT2D eigenvalue weighted by molar-refractivity contribution is -0.130. The summed E-state index contributed by atoms with van der Waals surface area (Å²) in [4.78, 5) is 24.9. The van der Waals surface area contributed by atoms with Gasteiger partial charge in [0, 0.05) is 14.1 Å². The molecule has 1 aromatic rings. The molecule has 0 radical (unpaired) electrons. The van der Waals surface area contributed by atoms with Gasteiger partial charge in [-0.1, -0.05) is 13.8 Å². The average molecular weight is 356 g/mol. The Morgan fingerprint density at radius 1 is 1.17 bits per heavy atom. The van der Waals surface area contributed by atoms with Gasteiger partial charge in [0.2, 0.25) is 15.9 Å². The topological polar surface area (TPSA) is 92.8 Å². The molecule has 1 atom stereocenters. The van der Waals surface area contributed by atoms with E-state index >= 15 is 0 Å². The molecule has 1 unspecified atom stereocenters. The summed E-state index contributed by atoms with van der Waals surface area (Å²) in [5, 5.41) is 0. The van der Waals surface area contributed by atoms with Crippen LogP contribution in [0, 0.1) is 5.92 Å². The van der Waals surface area contributed by atoms with Crippen LogP contribution in [-0.2, 0) is 19.6 Å². The van der Waals surface area contributed by atoms with Crippen molar-refractivity contribution >= 4 is 21.9 Å². The highest BCUT2D eigenvalue weighted by molar-refractivity contribution is 7.89. The van der Waals surface area contributed by atoms with Gasteiger partial charge in [0.05, 0.1) is 17.6 Å². The van der Waals surface area contributed by atoms with E-state index in [-0.39, 0.29) is 22.3 Å². The highest BCUT2D eigenvalue weighted by atomic mass is 32.2. The maximum Gasteiger partial charge on any atom is 0.337 e. The van der Waals surface area contributed by atoms with Crippen LogP contribution in [0.1, 0.15) is 30.6 Å². The normalized spacial score (nSPS) is 12.8. The van der Waals surface area contributed by atoms with E-state index in [0.29, 0.717) is 6.42 Å². The number of ether oxygens (including phenoxy) is 1. The standard InChI is InChI=1S/C16H24N2O5S/c1-11(2)10-14(15(19)18(3)4)17-24(21,22)13-8-6-12(7-9-13)16(20)23-5/h6-9,11,14,17H,10H2,1-5H3. The number of nitrogens with zero attached hydrogens (tertiary/aromatic N) is 1. The maximum atomic E-state index is 12.5. The summed E-state index contributed by atoms with van der Waals surface area (Å²) in [5.41, 5.74) is 0.250. The van der Waals surface area contributed by atoms with E-state index in [0.717, 1.165) is 0 Å². The fraction of sp³-hybridized carbons (Fsp3) is 0.500. The molecular formula is C16H24N2O5S. The first-order valence-electron chi connectivity index (χ1n) is 7.50. The highest BCUT2D eigenvalue weighted by Crippen LogP contribution is 2.15. The molecule has 7 nitrogen and oxygen atoms in total. The Hall–Kier alpha value is -1.93. The van der Waals surface area contributed by atoms with Gasteiger partial charge in [0.1, 0.15) is 6.04 Å². The van der Waals surface area contributed by atoms with Crippen molar-refractivity contribution in [3.05, 3.63) is 29.8 Å². The van der Waals surface area contributed by atoms with Crippen molar-refractivity contribution in [2.24, 2.45) is 5.92 Å². The molecular weight excluding hydrogens is 332 g/mol. The Labute approximate surface area is 143 Å². The summed E-state index contributed by atoms with van der Waals surface area (Å²) in [6.07, 6.45) is 0.385. The Bertz CT molecular complexity index is 681. The minimum atomic E-state index is -3.88. The predicted octanol–water partition coefficient (Wildman–Crippen LogP) is 1.25. The lowest BCUT2D eigenvalue weighted by Crippen LogP contribution is -2.46. The van der Waals surface area contributed by atoms with Crippen molar-refractivity contribution in [2.45, 2.75) is 31.2 Å². The van der Waals surface area contributed by atoms with Gasteiger partial charge in [0.15, 0.2) is 0 Å². The molecule has 0 fully saturated rings. The molecule has 1 N–H and O–H groups in total. The van der Waals surface area contributed by atoms with E-state index < -0.39 is 22.0 Å². The van der Waals surface area contributed by atoms with Crippen molar-refractivity contribution in [1.82, 2.24) is 9.62 Å². The predicted molar refractivity (Wildman–Crippen MR) is 90.0 cm³/mol. The van der Waals surface area contributed by atoms with Gasteiger partial charge in [0.25, 0.3) is 0 Å². The second-order valence-electron chi connectivity index (χ2n) is 6.05. The van der Waals surface area contributed by atoms with Crippen LogP contribution in [0.3, 0.4) is 0 Å². The summed E-state index contributed by atoms with van der Waals surface area (Å²) < 4.78 is 32.0. The number of hydrogen-bond donors (Lipinski definition) is 1. The zero-order valence-electron chi connectivity index (χ0n) is 14.6. The molecule has 0 spiro atoms. The van der Waals surface area contributed by atoms with Crippen molar-refractivity contribution in [3.8, 4) is 0 Å². The Balaban J connectivity index is 3.04. The number of rotatable bonds is 7. The minimum Gasteiger partial charge on any atom is -0.465 e. The monoisotopic (exact) mass is 356 g/mol. The van der Waals surface area contributed by atoms with Crippen LogP contribution in [0.4, 0.5) is 0 Å². The number of amides is 1. The molecule has 0 aliphatic heterocycles. The fourth-order valence-electron chi connectivity index (χ4n) is 2.13. The number of sulfonamides is 1. The quantitative estimate of drug-likeness (QED) is 0.742. The molecule has 0 saturated carbocycles. The third-order valence-electron chi connectivity index (χ3n) is 3.33. The molecule has 1 amide bonds. The summed E-state index contributed by atoms with van der Waals surface area (Å²) in [6, 6.07) is 4.50. The van der Waals surface area contributed by atoms with Crippen molar-refractivity contribution in [1.29, 1.82) is 0 Å². The zero-order valence-corrected chi connectivity index (χ0v) is 15.4. The Morgan fingerprint density at radius 3 is 2.12 bits per heavy atom. The molecule has 1 aromatic carbocycles. The number of carbonyl (C=O) groups is 2. The van der Waals surface area contributed by atoms with Crippen LogP contribution in [0.2, 0.25) is 0 Å². The molecule has 0 bridgehead atoms. The van der Waals surface area contributed by atoms with Crippen LogP contribution < -0.4 is 4.72 Å². The van der Waals surface area contributed by atoms with E-state index in [1.165, 1.54) is 36.3 Å². The highest BCUT2D eigenvalue weighted by Gasteiger charge is 2.27. The van der Waals surface area contributed by atoms with Crippen molar-refractivity contribution in [3.63, 3.8) is 0 Å². The van der Waals surface area contributed by atoms with E-state index in [2.05, 4.69) is 9.46 Å². The number of benzene rings is 1. The molecule has 24 heavy (non-hydrogen) atoms. The third-order valence-corrected chi connectivity index (χ3v) is 4.82. The van der Waals surface area contributed by atoms with Crippen LogP contribution in [-0.4, -0.2) is 52.4 Å². The molecule has 1 rings (SSSR count). The number of esters is 1. The van der Waals surface area contributed by atoms with Gasteiger partial charge in [-0.25, -0.2) is 13.2 Å². The minimum absolute atomic E-state index is 0.0181. The van der Waals surface area contributed by atoms with E-state index in [1.54, 1.807) is 14.1 Å². The first kappa shape index (κ1) is 20.1. The van der Waals surface area contributed by atoms with Crippen molar-refractivity contribution < 1.29 is 22.7 Å². The van der Waals surface area contributed by atoms with Gasteiger partial charge < -0.3 is 9.64 Å². The van der Waals surface area contributed by atoms with E-state index in [1.807, 2.05) is 13.8 Å². The van der Waals surface area contributed by atoms with Crippen molar-refractivity contribution in [2.75, 3.05) is 21.2 Å². The zero-order chi connectivity index (χ0) is 18.5. The molecule has 0 aromatic heterocycles. The summed E-state index contributed by atoms with van der Waals surface area (Å²) >= 11 is 0. The van der Waals surface area contributed by atoms with E-state index in [4.69, 9.17) is 0 Å². The first-order chi connectivity index (χ1) is 11.1. The molecule has 0 heterocycles. The maximum absolute atomic E-state index is 12.5. The Morgan fingerprint density at radius 2 is 1.71 bits per heavy atom. The average Bonchev–Trinajstić information content (AvgIpc) is 2.52. The summed E-state index contributed by atoms with van der Waals surface area (Å²) in [6.45, 7) is 3.82.